The first-order valence-electron chi connectivity index (χ1n) is 10.1. The van der Waals surface area contributed by atoms with Crippen molar-refractivity contribution in [2.75, 3.05) is 44.7 Å². The number of nitrogens with one attached hydrogen (secondary N) is 1. The van der Waals surface area contributed by atoms with E-state index in [4.69, 9.17) is 4.74 Å². The molecular weight excluding hydrogens is 424 g/mol. The molecule has 30 heavy (non-hydrogen) atoms. The molecule has 0 atom stereocenters. The number of benzene rings is 1. The van der Waals surface area contributed by atoms with Gasteiger partial charge in [0.25, 0.3) is 5.91 Å². The number of morpholine rings is 1. The number of thiazole rings is 1. The molecule has 0 saturated carbocycles. The van der Waals surface area contributed by atoms with Crippen molar-refractivity contribution >= 4 is 32.4 Å². The molecule has 0 aliphatic carbocycles. The van der Waals surface area contributed by atoms with Gasteiger partial charge in [0.15, 0.2) is 5.13 Å². The molecule has 1 aromatic carbocycles. The van der Waals surface area contributed by atoms with Gasteiger partial charge in [-0.15, -0.1) is 11.3 Å². The van der Waals surface area contributed by atoms with Gasteiger partial charge < -0.3 is 4.74 Å². The van der Waals surface area contributed by atoms with Gasteiger partial charge in [-0.2, -0.15) is 4.31 Å². The van der Waals surface area contributed by atoms with Crippen molar-refractivity contribution in [3.05, 3.63) is 39.9 Å². The maximum atomic E-state index is 12.9. The lowest BCUT2D eigenvalue weighted by Crippen LogP contribution is -2.40. The molecule has 0 unspecified atom stereocenters. The molecule has 1 amide bonds. The number of nitrogens with zero attached hydrogens (tertiary/aromatic N) is 3. The number of rotatable bonds is 5. The molecule has 1 saturated heterocycles. The Labute approximate surface area is 180 Å². The molecule has 2 aromatic rings. The molecule has 0 radical (unpaired) electrons. The van der Waals surface area contributed by atoms with E-state index in [1.807, 2.05) is 0 Å². The highest BCUT2D eigenvalue weighted by atomic mass is 32.2. The molecule has 0 bridgehead atoms. The van der Waals surface area contributed by atoms with Gasteiger partial charge in [0.05, 0.1) is 23.8 Å². The van der Waals surface area contributed by atoms with Crippen molar-refractivity contribution in [1.82, 2.24) is 14.2 Å². The monoisotopic (exact) mass is 450 g/mol. The highest BCUT2D eigenvalue weighted by molar-refractivity contribution is 7.89. The number of hydrogen-bond acceptors (Lipinski definition) is 7. The number of fused-ring (bicyclic) bond motifs is 1. The van der Waals surface area contributed by atoms with Crippen LogP contribution in [0, 0.1) is 6.92 Å². The molecule has 0 spiro atoms. The fourth-order valence-corrected chi connectivity index (χ4v) is 6.16. The molecular formula is C20H26N4O4S2. The van der Waals surface area contributed by atoms with E-state index in [9.17, 15) is 13.2 Å². The minimum absolute atomic E-state index is 0.122. The molecule has 1 aromatic heterocycles. The molecule has 4 rings (SSSR count). The van der Waals surface area contributed by atoms with Crippen LogP contribution in [0.4, 0.5) is 5.13 Å². The van der Waals surface area contributed by atoms with E-state index >= 15 is 0 Å². The van der Waals surface area contributed by atoms with Gasteiger partial charge in [-0.05, 0) is 31.2 Å². The number of carbonyl (C=O) groups is 1. The van der Waals surface area contributed by atoms with Crippen LogP contribution in [0.25, 0.3) is 0 Å². The van der Waals surface area contributed by atoms with Crippen molar-refractivity contribution in [1.29, 1.82) is 0 Å². The fourth-order valence-electron chi connectivity index (χ4n) is 3.68. The third kappa shape index (κ3) is 4.28. The summed E-state index contributed by atoms with van der Waals surface area (Å²) in [5.41, 5.74) is 2.10. The minimum atomic E-state index is -3.66. The zero-order chi connectivity index (χ0) is 21.3. The van der Waals surface area contributed by atoms with Crippen LogP contribution in [0.3, 0.4) is 0 Å². The summed E-state index contributed by atoms with van der Waals surface area (Å²) in [7, 11) is -3.66. The number of hydrogen-bond donors (Lipinski definition) is 1. The Hall–Kier alpha value is -1.85. The third-order valence-electron chi connectivity index (χ3n) is 5.54. The quantitative estimate of drug-likeness (QED) is 0.750. The van der Waals surface area contributed by atoms with Gasteiger partial charge in [0, 0.05) is 43.0 Å². The topological polar surface area (TPSA) is 91.8 Å². The van der Waals surface area contributed by atoms with E-state index in [1.54, 1.807) is 19.1 Å². The van der Waals surface area contributed by atoms with Crippen LogP contribution in [-0.2, 0) is 27.7 Å². The second kappa shape index (κ2) is 8.72. The van der Waals surface area contributed by atoms with Gasteiger partial charge in [0.1, 0.15) is 0 Å². The largest absolute Gasteiger partial charge is 0.379 e. The first-order valence-corrected chi connectivity index (χ1v) is 12.3. The highest BCUT2D eigenvalue weighted by Crippen LogP contribution is 2.29. The van der Waals surface area contributed by atoms with E-state index < -0.39 is 10.0 Å². The fraction of sp³-hybridized carbons (Fsp3) is 0.500. The van der Waals surface area contributed by atoms with Crippen LogP contribution in [0.5, 0.6) is 0 Å². The van der Waals surface area contributed by atoms with Crippen molar-refractivity contribution in [3.63, 3.8) is 0 Å². The Bertz CT molecular complexity index is 1050. The van der Waals surface area contributed by atoms with Gasteiger partial charge in [-0.25, -0.2) is 13.4 Å². The summed E-state index contributed by atoms with van der Waals surface area (Å²) in [6.07, 6.45) is 0.877. The summed E-state index contributed by atoms with van der Waals surface area (Å²) >= 11 is 1.49. The summed E-state index contributed by atoms with van der Waals surface area (Å²) < 4.78 is 32.5. The lowest BCUT2D eigenvalue weighted by atomic mass is 10.1. The number of likely N-dealkylation sites (N-methyl/N-ethyl adjacent to an activating group) is 1. The maximum Gasteiger partial charge on any atom is 0.257 e. The number of anilines is 1. The van der Waals surface area contributed by atoms with Crippen LogP contribution in [0.1, 0.15) is 33.4 Å². The summed E-state index contributed by atoms with van der Waals surface area (Å²) in [5.74, 6) is -0.343. The zero-order valence-corrected chi connectivity index (χ0v) is 18.8. The molecule has 10 heteroatoms. The number of aryl methyl sites for hydroxylation is 1. The molecule has 1 N–H and O–H groups in total. The first-order chi connectivity index (χ1) is 14.4. The summed E-state index contributed by atoms with van der Waals surface area (Å²) in [4.78, 5) is 21.2. The maximum absolute atomic E-state index is 12.9. The Kier molecular flexibility index (Phi) is 6.21. The normalized spacial score (nSPS) is 18.2. The van der Waals surface area contributed by atoms with Gasteiger partial charge >= 0.3 is 0 Å². The number of aromatic nitrogens is 1. The predicted molar refractivity (Wildman–Crippen MR) is 115 cm³/mol. The van der Waals surface area contributed by atoms with Crippen LogP contribution < -0.4 is 5.32 Å². The predicted octanol–water partition coefficient (Wildman–Crippen LogP) is 2.10. The molecule has 1 fully saturated rings. The lowest BCUT2D eigenvalue weighted by Gasteiger charge is -2.26. The zero-order valence-electron chi connectivity index (χ0n) is 17.2. The Morgan fingerprint density at radius 2 is 2.03 bits per heavy atom. The summed E-state index contributed by atoms with van der Waals surface area (Å²) in [6, 6.07) is 4.69. The van der Waals surface area contributed by atoms with Crippen molar-refractivity contribution in [3.8, 4) is 0 Å². The van der Waals surface area contributed by atoms with E-state index in [1.165, 1.54) is 26.6 Å². The van der Waals surface area contributed by atoms with E-state index in [0.717, 1.165) is 31.7 Å². The van der Waals surface area contributed by atoms with Crippen molar-refractivity contribution in [2.45, 2.75) is 31.7 Å². The van der Waals surface area contributed by atoms with Crippen LogP contribution in [0.15, 0.2) is 23.1 Å². The third-order valence-corrected chi connectivity index (χ3v) is 8.43. The Morgan fingerprint density at radius 1 is 1.27 bits per heavy atom. The molecule has 3 heterocycles. The lowest BCUT2D eigenvalue weighted by molar-refractivity contribution is 0.0730. The standard InChI is InChI=1S/C20H26N4O4S2/c1-3-23-7-6-17-18(13-23)29-20(21-17)22-19(25)16-12-15(5-4-14(16)2)30(26,27)24-8-10-28-11-9-24/h4-5,12H,3,6-11,13H2,1-2H3,(H,21,22,25). The van der Waals surface area contributed by atoms with Crippen LogP contribution in [-0.4, -0.2) is 67.9 Å². The summed E-state index contributed by atoms with van der Waals surface area (Å²) in [6.45, 7) is 8.14. The second-order valence-corrected chi connectivity index (χ2v) is 10.5. The molecule has 8 nitrogen and oxygen atoms in total. The molecule has 162 valence electrons. The molecule has 2 aliphatic rings. The average molecular weight is 451 g/mol. The average Bonchev–Trinajstić information content (AvgIpc) is 3.15. The van der Waals surface area contributed by atoms with Gasteiger partial charge in [-0.3, -0.25) is 15.0 Å². The number of ether oxygens (including phenoxy) is 1. The van der Waals surface area contributed by atoms with Crippen molar-refractivity contribution in [2.24, 2.45) is 0 Å². The van der Waals surface area contributed by atoms with Gasteiger partial charge in [-0.1, -0.05) is 13.0 Å². The Morgan fingerprint density at radius 3 is 2.77 bits per heavy atom. The second-order valence-electron chi connectivity index (χ2n) is 7.45. The number of amides is 1. The smallest absolute Gasteiger partial charge is 0.257 e. The SMILES string of the molecule is CCN1CCc2nc(NC(=O)c3cc(S(=O)(=O)N4CCOCC4)ccc3C)sc2C1. The van der Waals surface area contributed by atoms with Crippen molar-refractivity contribution < 1.29 is 17.9 Å². The van der Waals surface area contributed by atoms with Crippen LogP contribution in [0.2, 0.25) is 0 Å². The number of sulfonamides is 1. The van der Waals surface area contributed by atoms with E-state index in [-0.39, 0.29) is 10.8 Å². The van der Waals surface area contributed by atoms with E-state index in [0.29, 0.717) is 42.6 Å². The Balaban J connectivity index is 1.55. The van der Waals surface area contributed by atoms with E-state index in [2.05, 4.69) is 22.1 Å². The minimum Gasteiger partial charge on any atom is -0.379 e. The van der Waals surface area contributed by atoms with Crippen LogP contribution >= 0.6 is 11.3 Å². The molecule has 2 aliphatic heterocycles. The highest BCUT2D eigenvalue weighted by Gasteiger charge is 2.28. The number of carbonyl (C=O) groups excluding carboxylic acids is 1. The first kappa shape index (κ1) is 21.4. The summed E-state index contributed by atoms with van der Waals surface area (Å²) in [5, 5.41) is 3.43. The van der Waals surface area contributed by atoms with Gasteiger partial charge in [0.2, 0.25) is 10.0 Å².